The molecule has 5 heteroatoms. The summed E-state index contributed by atoms with van der Waals surface area (Å²) in [6.07, 6.45) is 4.15. The number of carbonyl (C=O) groups is 1. The molecule has 1 aliphatic rings. The molecular formula is C26H23N3OS. The third kappa shape index (κ3) is 3.73. The van der Waals surface area contributed by atoms with Crippen molar-refractivity contribution in [2.24, 2.45) is 0 Å². The number of anilines is 1. The zero-order valence-corrected chi connectivity index (χ0v) is 18.0. The molecule has 3 aromatic carbocycles. The van der Waals surface area contributed by atoms with Gasteiger partial charge in [0.25, 0.3) is 0 Å². The third-order valence-electron chi connectivity index (χ3n) is 5.68. The molecule has 1 atom stereocenters. The van der Waals surface area contributed by atoms with E-state index in [-0.39, 0.29) is 12.1 Å². The highest BCUT2D eigenvalue weighted by atomic mass is 32.2. The van der Waals surface area contributed by atoms with E-state index >= 15 is 0 Å². The van der Waals surface area contributed by atoms with Gasteiger partial charge in [-0.2, -0.15) is 0 Å². The molecular weight excluding hydrogens is 402 g/mol. The molecule has 5 rings (SSSR count). The van der Waals surface area contributed by atoms with Crippen LogP contribution in [-0.4, -0.2) is 21.8 Å². The first kappa shape index (κ1) is 19.5. The zero-order chi connectivity index (χ0) is 21.2. The van der Waals surface area contributed by atoms with Crippen molar-refractivity contribution in [2.75, 3.05) is 11.6 Å². The minimum atomic E-state index is -0.206. The number of rotatable bonds is 3. The van der Waals surface area contributed by atoms with Crippen LogP contribution in [0.1, 0.15) is 22.9 Å². The summed E-state index contributed by atoms with van der Waals surface area (Å²) in [6.45, 7) is 0.519. The molecule has 0 saturated carbocycles. The van der Waals surface area contributed by atoms with Crippen LogP contribution in [0.5, 0.6) is 0 Å². The Labute approximate surface area is 186 Å². The molecule has 1 unspecified atom stereocenters. The molecule has 0 radical (unpaired) electrons. The van der Waals surface area contributed by atoms with Crippen molar-refractivity contribution >= 4 is 23.5 Å². The number of hydrogen-bond donors (Lipinski definition) is 1. The highest BCUT2D eigenvalue weighted by Crippen LogP contribution is 2.37. The zero-order valence-electron chi connectivity index (χ0n) is 17.2. The fourth-order valence-electron chi connectivity index (χ4n) is 4.19. The Hall–Kier alpha value is -3.44. The summed E-state index contributed by atoms with van der Waals surface area (Å²) in [7, 11) is 0. The molecule has 0 bridgehead atoms. The van der Waals surface area contributed by atoms with Crippen LogP contribution in [-0.2, 0) is 6.54 Å². The Bertz CT molecular complexity index is 1200. The van der Waals surface area contributed by atoms with Crippen LogP contribution in [0.15, 0.2) is 102 Å². The van der Waals surface area contributed by atoms with Crippen LogP contribution in [0.4, 0.5) is 10.5 Å². The first-order valence-corrected chi connectivity index (χ1v) is 11.5. The monoisotopic (exact) mass is 425 g/mol. The molecule has 4 nitrogen and oxygen atoms in total. The van der Waals surface area contributed by atoms with Crippen LogP contribution >= 0.6 is 11.8 Å². The normalized spacial score (nSPS) is 15.0. The topological polar surface area (TPSA) is 37.3 Å². The van der Waals surface area contributed by atoms with Gasteiger partial charge in [0.15, 0.2) is 0 Å². The predicted molar refractivity (Wildman–Crippen MR) is 127 cm³/mol. The molecule has 0 spiro atoms. The van der Waals surface area contributed by atoms with E-state index in [1.165, 1.54) is 4.90 Å². The average Bonchev–Trinajstić information content (AvgIpc) is 3.24. The second-order valence-electron chi connectivity index (χ2n) is 7.53. The Morgan fingerprint density at radius 1 is 0.903 bits per heavy atom. The van der Waals surface area contributed by atoms with Crippen LogP contribution < -0.4 is 5.32 Å². The maximum atomic E-state index is 13.6. The summed E-state index contributed by atoms with van der Waals surface area (Å²) in [5.41, 5.74) is 5.19. The highest BCUT2D eigenvalue weighted by molar-refractivity contribution is 7.98. The average molecular weight is 426 g/mol. The lowest BCUT2D eigenvalue weighted by atomic mass is 10.0. The van der Waals surface area contributed by atoms with Crippen molar-refractivity contribution in [2.45, 2.75) is 17.5 Å². The lowest BCUT2D eigenvalue weighted by Gasteiger charge is -2.31. The van der Waals surface area contributed by atoms with Crippen molar-refractivity contribution < 1.29 is 4.79 Å². The van der Waals surface area contributed by atoms with Crippen molar-refractivity contribution in [1.29, 1.82) is 0 Å². The molecule has 1 aromatic heterocycles. The van der Waals surface area contributed by atoms with Crippen molar-refractivity contribution in [3.8, 4) is 5.69 Å². The van der Waals surface area contributed by atoms with Gasteiger partial charge in [-0.15, -0.1) is 11.8 Å². The number of para-hydroxylation sites is 2. The minimum Gasteiger partial charge on any atom is -0.318 e. The molecule has 1 N–H and O–H groups in total. The molecule has 4 aromatic rings. The molecule has 0 fully saturated rings. The van der Waals surface area contributed by atoms with Gasteiger partial charge in [0.2, 0.25) is 0 Å². The second-order valence-corrected chi connectivity index (χ2v) is 8.41. The van der Waals surface area contributed by atoms with E-state index in [1.54, 1.807) is 11.8 Å². The SMILES string of the molecule is CSc1ccc(C2c3cccn3-c3ccccc3CN2C(=O)Nc2ccccc2)cc1. The smallest absolute Gasteiger partial charge is 0.318 e. The lowest BCUT2D eigenvalue weighted by molar-refractivity contribution is 0.194. The molecule has 0 aliphatic carbocycles. The lowest BCUT2D eigenvalue weighted by Crippen LogP contribution is -2.37. The van der Waals surface area contributed by atoms with E-state index in [0.717, 1.165) is 28.2 Å². The van der Waals surface area contributed by atoms with Crippen molar-refractivity contribution in [3.63, 3.8) is 0 Å². The number of aromatic nitrogens is 1. The van der Waals surface area contributed by atoms with Gasteiger partial charge in [0.1, 0.15) is 0 Å². The number of urea groups is 1. The maximum absolute atomic E-state index is 13.6. The first-order chi connectivity index (χ1) is 15.2. The number of fused-ring (bicyclic) bond motifs is 3. The highest BCUT2D eigenvalue weighted by Gasteiger charge is 2.32. The van der Waals surface area contributed by atoms with E-state index in [4.69, 9.17) is 0 Å². The number of thioether (sulfide) groups is 1. The van der Waals surface area contributed by atoms with Crippen molar-refractivity contribution in [3.05, 3.63) is 114 Å². The maximum Gasteiger partial charge on any atom is 0.322 e. The van der Waals surface area contributed by atoms with Gasteiger partial charge in [-0.1, -0.05) is 48.5 Å². The molecule has 2 amide bonds. The van der Waals surface area contributed by atoms with Crippen LogP contribution in [0.2, 0.25) is 0 Å². The summed E-state index contributed by atoms with van der Waals surface area (Å²) in [4.78, 5) is 16.7. The number of amides is 2. The van der Waals surface area contributed by atoms with Gasteiger partial charge in [0.05, 0.1) is 18.3 Å². The standard InChI is InChI=1S/C26H23N3OS/c1-31-22-15-13-19(14-16-22)25-24-12-7-17-28(24)23-11-6-5-8-20(23)18-29(25)26(30)27-21-9-3-2-4-10-21/h2-17,25H,18H2,1H3,(H,27,30). The summed E-state index contributed by atoms with van der Waals surface area (Å²) in [6, 6.07) is 30.3. The summed E-state index contributed by atoms with van der Waals surface area (Å²) >= 11 is 1.72. The van der Waals surface area contributed by atoms with E-state index < -0.39 is 0 Å². The molecule has 31 heavy (non-hydrogen) atoms. The molecule has 2 heterocycles. The first-order valence-electron chi connectivity index (χ1n) is 10.3. The molecule has 154 valence electrons. The van der Waals surface area contributed by atoms with Gasteiger partial charge in [-0.3, -0.25) is 0 Å². The minimum absolute atomic E-state index is 0.116. The number of carbonyl (C=O) groups excluding carboxylic acids is 1. The van der Waals surface area contributed by atoms with Gasteiger partial charge < -0.3 is 14.8 Å². The van der Waals surface area contributed by atoms with Crippen LogP contribution in [0.3, 0.4) is 0 Å². The fourth-order valence-corrected chi connectivity index (χ4v) is 4.60. The van der Waals surface area contributed by atoms with Gasteiger partial charge in [0, 0.05) is 22.5 Å². The van der Waals surface area contributed by atoms with Crippen LogP contribution in [0.25, 0.3) is 5.69 Å². The third-order valence-corrected chi connectivity index (χ3v) is 6.42. The quantitative estimate of drug-likeness (QED) is 0.389. The Morgan fingerprint density at radius 3 is 2.42 bits per heavy atom. The molecule has 1 aliphatic heterocycles. The summed E-state index contributed by atoms with van der Waals surface area (Å²) in [5.74, 6) is 0. The van der Waals surface area contributed by atoms with Crippen molar-refractivity contribution in [1.82, 2.24) is 9.47 Å². The van der Waals surface area contributed by atoms with Crippen LogP contribution in [0, 0.1) is 0 Å². The Kier molecular flexibility index (Phi) is 5.26. The van der Waals surface area contributed by atoms with Gasteiger partial charge in [-0.25, -0.2) is 4.79 Å². The van der Waals surface area contributed by atoms with E-state index in [0.29, 0.717) is 6.54 Å². The summed E-state index contributed by atoms with van der Waals surface area (Å²) in [5, 5.41) is 3.09. The number of nitrogens with zero attached hydrogens (tertiary/aromatic N) is 2. The molecule has 0 saturated heterocycles. The Balaban J connectivity index is 1.63. The number of benzene rings is 3. The largest absolute Gasteiger partial charge is 0.322 e. The predicted octanol–water partition coefficient (Wildman–Crippen LogP) is 6.34. The Morgan fingerprint density at radius 2 is 1.65 bits per heavy atom. The fraction of sp³-hybridized carbons (Fsp3) is 0.115. The summed E-state index contributed by atoms with van der Waals surface area (Å²) < 4.78 is 2.21. The van der Waals surface area contributed by atoms with E-state index in [9.17, 15) is 4.79 Å². The van der Waals surface area contributed by atoms with Gasteiger partial charge in [-0.05, 0) is 59.8 Å². The second kappa shape index (κ2) is 8.36. The van der Waals surface area contributed by atoms with E-state index in [1.807, 2.05) is 53.4 Å². The van der Waals surface area contributed by atoms with E-state index in [2.05, 4.69) is 64.8 Å². The number of nitrogens with one attached hydrogen (secondary N) is 1. The van der Waals surface area contributed by atoms with Gasteiger partial charge >= 0.3 is 6.03 Å². The number of hydrogen-bond acceptors (Lipinski definition) is 2.